The smallest absolute Gasteiger partial charge is 0.309 e. The van der Waals surface area contributed by atoms with Gasteiger partial charge in [0.1, 0.15) is 0 Å². The first kappa shape index (κ1) is 25.6. The van der Waals surface area contributed by atoms with Gasteiger partial charge in [-0.25, -0.2) is 8.42 Å². The van der Waals surface area contributed by atoms with E-state index in [1.165, 1.54) is 16.4 Å². The number of hydrogen-bond donors (Lipinski definition) is 1. The fourth-order valence-electron chi connectivity index (χ4n) is 3.63. The molecule has 0 saturated carbocycles. The van der Waals surface area contributed by atoms with Crippen molar-refractivity contribution in [2.45, 2.75) is 31.6 Å². The number of piperidine rings is 1. The highest BCUT2D eigenvalue weighted by Gasteiger charge is 2.34. The number of rotatable bonds is 7. The molecule has 0 unspecified atom stereocenters. The summed E-state index contributed by atoms with van der Waals surface area (Å²) in [5, 5.41) is 14.2. The van der Waals surface area contributed by atoms with Gasteiger partial charge in [0.2, 0.25) is 10.0 Å². The molecule has 1 amide bonds. The van der Waals surface area contributed by atoms with Crippen molar-refractivity contribution >= 4 is 44.9 Å². The molecule has 12 heteroatoms. The number of nitrogens with zero attached hydrogens (tertiary/aromatic N) is 2. The minimum Gasteiger partial charge on any atom is -0.455 e. The number of carbonyl (C=O) groups excluding carboxylic acids is 2. The summed E-state index contributed by atoms with van der Waals surface area (Å²) in [7, 11) is -3.96. The fourth-order valence-corrected chi connectivity index (χ4v) is 5.52. The number of benzene rings is 2. The number of non-ortho nitro benzene ring substituents is 1. The molecular weight excluding hydrogens is 486 g/mol. The third-order valence-corrected chi connectivity index (χ3v) is 8.13. The van der Waals surface area contributed by atoms with Crippen LogP contribution in [0.3, 0.4) is 0 Å². The van der Waals surface area contributed by atoms with E-state index in [4.69, 9.17) is 16.3 Å². The Morgan fingerprint density at radius 2 is 1.88 bits per heavy atom. The number of nitro groups is 1. The molecular formula is C22H24ClN3O7S. The molecule has 10 nitrogen and oxygen atoms in total. The van der Waals surface area contributed by atoms with Gasteiger partial charge in [-0.05, 0) is 49.9 Å². The molecule has 2 aromatic carbocycles. The number of amides is 1. The summed E-state index contributed by atoms with van der Waals surface area (Å²) in [5.41, 5.74) is 1.29. The van der Waals surface area contributed by atoms with Crippen LogP contribution in [0.2, 0.25) is 5.02 Å². The number of aryl methyl sites for hydroxylation is 1. The van der Waals surface area contributed by atoms with Crippen LogP contribution in [0.15, 0.2) is 41.3 Å². The number of esters is 1. The number of hydrogen-bond acceptors (Lipinski definition) is 7. The van der Waals surface area contributed by atoms with E-state index in [1.54, 1.807) is 32.0 Å². The third-order valence-electron chi connectivity index (χ3n) is 5.67. The molecule has 1 aliphatic heterocycles. The van der Waals surface area contributed by atoms with E-state index < -0.39 is 39.3 Å². The van der Waals surface area contributed by atoms with Crippen molar-refractivity contribution in [1.29, 1.82) is 0 Å². The van der Waals surface area contributed by atoms with Crippen LogP contribution < -0.4 is 5.32 Å². The van der Waals surface area contributed by atoms with Crippen LogP contribution in [0, 0.1) is 29.9 Å². The molecule has 1 aliphatic rings. The number of nitrogens with one attached hydrogen (secondary N) is 1. The molecule has 3 rings (SSSR count). The van der Waals surface area contributed by atoms with Crippen molar-refractivity contribution in [1.82, 2.24) is 4.31 Å². The Morgan fingerprint density at radius 3 is 2.53 bits per heavy atom. The maximum absolute atomic E-state index is 13.0. The lowest BCUT2D eigenvalue weighted by Crippen LogP contribution is -2.41. The topological polar surface area (TPSA) is 136 Å². The molecule has 0 aromatic heterocycles. The van der Waals surface area contributed by atoms with Gasteiger partial charge in [-0.15, -0.1) is 0 Å². The lowest BCUT2D eigenvalue weighted by Gasteiger charge is -2.30. The molecule has 1 heterocycles. The van der Waals surface area contributed by atoms with E-state index in [-0.39, 0.29) is 36.5 Å². The maximum atomic E-state index is 13.0. The second-order valence-electron chi connectivity index (χ2n) is 7.95. The Balaban J connectivity index is 1.55. The summed E-state index contributed by atoms with van der Waals surface area (Å²) < 4.78 is 32.4. The zero-order chi connectivity index (χ0) is 25.0. The number of nitro benzene ring substituents is 1. The summed E-state index contributed by atoms with van der Waals surface area (Å²) >= 11 is 6.03. The van der Waals surface area contributed by atoms with Gasteiger partial charge in [0.25, 0.3) is 11.6 Å². The fraction of sp³-hybridized carbons (Fsp3) is 0.364. The normalized spacial score (nSPS) is 15.0. The highest BCUT2D eigenvalue weighted by Crippen LogP contribution is 2.29. The molecule has 34 heavy (non-hydrogen) atoms. The highest BCUT2D eigenvalue weighted by molar-refractivity contribution is 7.89. The SMILES string of the molecule is Cc1ccc([N+](=O)[O-])cc1S(=O)(=O)N1CCC(C(=O)OCC(=O)Nc2cccc(Cl)c2C)CC1. The number of anilines is 1. The molecule has 182 valence electrons. The minimum absolute atomic E-state index is 0.0537. The summed E-state index contributed by atoms with van der Waals surface area (Å²) in [6, 6.07) is 8.75. The Labute approximate surface area is 202 Å². The predicted molar refractivity (Wildman–Crippen MR) is 125 cm³/mol. The number of halogens is 1. The Morgan fingerprint density at radius 1 is 1.21 bits per heavy atom. The van der Waals surface area contributed by atoms with Gasteiger partial charge in [0.15, 0.2) is 6.61 Å². The Bertz CT molecular complexity index is 1220. The summed E-state index contributed by atoms with van der Waals surface area (Å²) in [6.07, 6.45) is 0.419. The maximum Gasteiger partial charge on any atom is 0.309 e. The van der Waals surface area contributed by atoms with Crippen LogP contribution in [-0.4, -0.2) is 49.2 Å². The quantitative estimate of drug-likeness (QED) is 0.343. The molecule has 1 saturated heterocycles. The molecule has 2 aromatic rings. The van der Waals surface area contributed by atoms with Crippen molar-refractivity contribution in [2.75, 3.05) is 25.0 Å². The van der Waals surface area contributed by atoms with Gasteiger partial charge in [-0.2, -0.15) is 4.31 Å². The highest BCUT2D eigenvalue weighted by atomic mass is 35.5. The summed E-state index contributed by atoms with van der Waals surface area (Å²) in [5.74, 6) is -1.65. The third kappa shape index (κ3) is 5.72. The van der Waals surface area contributed by atoms with E-state index in [0.29, 0.717) is 21.8 Å². The monoisotopic (exact) mass is 509 g/mol. The molecule has 0 bridgehead atoms. The van der Waals surface area contributed by atoms with Crippen molar-refractivity contribution in [2.24, 2.45) is 5.92 Å². The lowest BCUT2D eigenvalue weighted by molar-refractivity contribution is -0.385. The first-order chi connectivity index (χ1) is 16.0. The number of sulfonamides is 1. The van der Waals surface area contributed by atoms with Crippen molar-refractivity contribution in [3.05, 3.63) is 62.7 Å². The van der Waals surface area contributed by atoms with Crippen LogP contribution in [-0.2, 0) is 24.3 Å². The van der Waals surface area contributed by atoms with E-state index in [2.05, 4.69) is 5.32 Å². The largest absolute Gasteiger partial charge is 0.455 e. The van der Waals surface area contributed by atoms with Crippen LogP contribution >= 0.6 is 11.6 Å². The molecule has 1 fully saturated rings. The van der Waals surface area contributed by atoms with Gasteiger partial charge in [0.05, 0.1) is 15.7 Å². The van der Waals surface area contributed by atoms with Crippen LogP contribution in [0.1, 0.15) is 24.0 Å². The van der Waals surface area contributed by atoms with Crippen LogP contribution in [0.5, 0.6) is 0 Å². The second kappa shape index (κ2) is 10.5. The predicted octanol–water partition coefficient (Wildman–Crippen LogP) is 3.45. The molecule has 0 radical (unpaired) electrons. The van der Waals surface area contributed by atoms with Crippen molar-refractivity contribution in [3.63, 3.8) is 0 Å². The average molecular weight is 510 g/mol. The molecule has 0 spiro atoms. The van der Waals surface area contributed by atoms with Crippen LogP contribution in [0.25, 0.3) is 0 Å². The second-order valence-corrected chi connectivity index (χ2v) is 10.3. The number of carbonyl (C=O) groups is 2. The van der Waals surface area contributed by atoms with Gasteiger partial charge in [0, 0.05) is 35.9 Å². The average Bonchev–Trinajstić information content (AvgIpc) is 2.80. The first-order valence-electron chi connectivity index (χ1n) is 10.5. The van der Waals surface area contributed by atoms with Gasteiger partial charge in [-0.1, -0.05) is 23.7 Å². The zero-order valence-corrected chi connectivity index (χ0v) is 20.2. The first-order valence-corrected chi connectivity index (χ1v) is 12.3. The lowest BCUT2D eigenvalue weighted by atomic mass is 9.98. The van der Waals surface area contributed by atoms with E-state index >= 15 is 0 Å². The molecule has 1 N–H and O–H groups in total. The van der Waals surface area contributed by atoms with Crippen LogP contribution in [0.4, 0.5) is 11.4 Å². The van der Waals surface area contributed by atoms with Gasteiger partial charge < -0.3 is 10.1 Å². The number of ether oxygens (including phenoxy) is 1. The van der Waals surface area contributed by atoms with E-state index in [0.717, 1.165) is 6.07 Å². The minimum atomic E-state index is -3.96. The zero-order valence-electron chi connectivity index (χ0n) is 18.6. The van der Waals surface area contributed by atoms with E-state index in [1.807, 2.05) is 0 Å². The standard InChI is InChI=1S/C22H24ClN3O7S/c1-14-6-7-17(26(29)30)12-20(14)34(31,32)25-10-8-16(9-11-25)22(28)33-13-21(27)24-19-5-3-4-18(23)15(19)2/h3-7,12,16H,8-11,13H2,1-2H3,(H,24,27). The van der Waals surface area contributed by atoms with Crippen molar-refractivity contribution < 1.29 is 27.7 Å². The summed E-state index contributed by atoms with van der Waals surface area (Å²) in [4.78, 5) is 34.8. The molecule has 0 aliphatic carbocycles. The Kier molecular flexibility index (Phi) is 7.90. The molecule has 0 atom stereocenters. The Hall–Kier alpha value is -3.02. The van der Waals surface area contributed by atoms with E-state index in [9.17, 15) is 28.1 Å². The summed E-state index contributed by atoms with van der Waals surface area (Å²) in [6.45, 7) is 2.95. The van der Waals surface area contributed by atoms with Gasteiger partial charge in [-0.3, -0.25) is 19.7 Å². The van der Waals surface area contributed by atoms with Crippen molar-refractivity contribution in [3.8, 4) is 0 Å². The van der Waals surface area contributed by atoms with Gasteiger partial charge >= 0.3 is 5.97 Å².